The highest BCUT2D eigenvalue weighted by Crippen LogP contribution is 2.21. The quantitative estimate of drug-likeness (QED) is 0.691. The largest absolute Gasteiger partial charge is 0.488 e. The van der Waals surface area contributed by atoms with Gasteiger partial charge in [0.05, 0.1) is 4.88 Å². The molecule has 98 valence electrons. The fraction of sp³-hybridized carbons (Fsp3) is 0.200. The van der Waals surface area contributed by atoms with Crippen molar-refractivity contribution in [1.82, 2.24) is 0 Å². The third kappa shape index (κ3) is 4.32. The van der Waals surface area contributed by atoms with Crippen molar-refractivity contribution in [2.45, 2.75) is 11.5 Å². The predicted molar refractivity (Wildman–Crippen MR) is 80.8 cm³/mol. The summed E-state index contributed by atoms with van der Waals surface area (Å²) in [5.41, 5.74) is 0. The topological polar surface area (TPSA) is 29.5 Å². The number of ether oxygens (including phenoxy) is 1. The van der Waals surface area contributed by atoms with Gasteiger partial charge < -0.3 is 9.84 Å². The van der Waals surface area contributed by atoms with Crippen LogP contribution in [0, 0.1) is 11.8 Å². The first-order valence-corrected chi connectivity index (χ1v) is 7.81. The van der Waals surface area contributed by atoms with Crippen molar-refractivity contribution in [1.29, 1.82) is 0 Å². The summed E-state index contributed by atoms with van der Waals surface area (Å²) in [4.78, 5) is 3.30. The lowest BCUT2D eigenvalue weighted by Crippen LogP contribution is -1.92. The number of benzene rings is 1. The lowest BCUT2D eigenvalue weighted by atomic mass is 10.3. The number of aliphatic hydroxyl groups is 1. The Kier molecular flexibility index (Phi) is 5.34. The average Bonchev–Trinajstić information content (AvgIpc) is 2.91. The van der Waals surface area contributed by atoms with E-state index >= 15 is 0 Å². The molecule has 1 aromatic carbocycles. The number of hydrogen-bond acceptors (Lipinski definition) is 4. The molecule has 0 bridgehead atoms. The zero-order valence-corrected chi connectivity index (χ0v) is 12.2. The summed E-state index contributed by atoms with van der Waals surface area (Å²) in [5.74, 6) is 6.39. The summed E-state index contributed by atoms with van der Waals surface area (Å²) in [6, 6.07) is 12.0. The van der Waals surface area contributed by atoms with Gasteiger partial charge in [-0.2, -0.15) is 0 Å². The molecular formula is C15H14O2S2. The van der Waals surface area contributed by atoms with E-state index in [9.17, 15) is 0 Å². The van der Waals surface area contributed by atoms with Gasteiger partial charge in [0.15, 0.2) is 0 Å². The monoisotopic (exact) mass is 290 g/mol. The van der Waals surface area contributed by atoms with Gasteiger partial charge in [-0.05, 0) is 42.7 Å². The number of rotatable bonds is 4. The zero-order chi connectivity index (χ0) is 13.5. The van der Waals surface area contributed by atoms with Crippen molar-refractivity contribution in [3.05, 3.63) is 46.2 Å². The zero-order valence-electron chi connectivity index (χ0n) is 10.6. The Hall–Kier alpha value is -1.41. The van der Waals surface area contributed by atoms with Crippen LogP contribution in [0.25, 0.3) is 0 Å². The highest BCUT2D eigenvalue weighted by Gasteiger charge is 2.00. The van der Waals surface area contributed by atoms with Crippen molar-refractivity contribution < 1.29 is 9.84 Å². The Bertz CT molecular complexity index is 576. The predicted octanol–water partition coefficient (Wildman–Crippen LogP) is 3.39. The lowest BCUT2D eigenvalue weighted by Gasteiger charge is -2.04. The molecule has 2 rings (SSSR count). The van der Waals surface area contributed by atoms with Crippen molar-refractivity contribution in [3.63, 3.8) is 0 Å². The van der Waals surface area contributed by atoms with Crippen molar-refractivity contribution in [2.75, 3.05) is 12.9 Å². The normalized spacial score (nSPS) is 9.79. The van der Waals surface area contributed by atoms with Crippen molar-refractivity contribution in [3.8, 4) is 17.6 Å². The molecule has 2 aromatic rings. The number of thiophene rings is 1. The number of thioether (sulfide) groups is 1. The average molecular weight is 290 g/mol. The van der Waals surface area contributed by atoms with Gasteiger partial charge >= 0.3 is 0 Å². The molecule has 0 aliphatic rings. The molecule has 0 aliphatic carbocycles. The van der Waals surface area contributed by atoms with E-state index in [1.54, 1.807) is 23.1 Å². The van der Waals surface area contributed by atoms with Gasteiger partial charge in [-0.25, -0.2) is 0 Å². The SMILES string of the molecule is CSc1ccc(OCc2ccc(C#CCO)s2)cc1. The molecule has 4 heteroatoms. The maximum Gasteiger partial charge on any atom is 0.122 e. The first-order chi connectivity index (χ1) is 9.31. The molecule has 19 heavy (non-hydrogen) atoms. The van der Waals surface area contributed by atoms with Crippen LogP contribution >= 0.6 is 23.1 Å². The summed E-state index contributed by atoms with van der Waals surface area (Å²) < 4.78 is 5.71. The molecule has 1 heterocycles. The fourth-order valence-corrected chi connectivity index (χ4v) is 2.68. The van der Waals surface area contributed by atoms with Gasteiger partial charge in [0, 0.05) is 9.77 Å². The molecule has 0 saturated carbocycles. The molecule has 0 spiro atoms. The van der Waals surface area contributed by atoms with Gasteiger partial charge in [-0.3, -0.25) is 0 Å². The second-order valence-corrected chi connectivity index (χ2v) is 5.74. The number of hydrogen-bond donors (Lipinski definition) is 1. The van der Waals surface area contributed by atoms with Crippen molar-refractivity contribution in [2.24, 2.45) is 0 Å². The van der Waals surface area contributed by atoms with E-state index < -0.39 is 0 Å². The van der Waals surface area contributed by atoms with Crippen molar-refractivity contribution >= 4 is 23.1 Å². The molecule has 0 radical (unpaired) electrons. The van der Waals surface area contributed by atoms with Gasteiger partial charge in [0.2, 0.25) is 0 Å². The van der Waals surface area contributed by atoms with Gasteiger partial charge in [0.25, 0.3) is 0 Å². The lowest BCUT2D eigenvalue weighted by molar-refractivity contribution is 0.309. The van der Waals surface area contributed by atoms with Gasteiger partial charge in [0.1, 0.15) is 19.0 Å². The Morgan fingerprint density at radius 1 is 1.21 bits per heavy atom. The van der Waals surface area contributed by atoms with Gasteiger partial charge in [-0.1, -0.05) is 11.8 Å². The molecule has 0 unspecified atom stereocenters. The van der Waals surface area contributed by atoms with E-state index in [1.165, 1.54) is 4.90 Å². The van der Waals surface area contributed by atoms with Crippen LogP contribution in [0.1, 0.15) is 9.75 Å². The van der Waals surface area contributed by atoms with Crippen LogP contribution in [0.4, 0.5) is 0 Å². The summed E-state index contributed by atoms with van der Waals surface area (Å²) in [6.45, 7) is 0.440. The first-order valence-electron chi connectivity index (χ1n) is 5.77. The van der Waals surface area contributed by atoms with E-state index in [1.807, 2.05) is 36.4 Å². The molecule has 1 N–H and O–H groups in total. The van der Waals surface area contributed by atoms with Crippen LogP contribution in [-0.2, 0) is 6.61 Å². The number of aliphatic hydroxyl groups excluding tert-OH is 1. The van der Waals surface area contributed by atoms with Crippen LogP contribution < -0.4 is 4.74 Å². The van der Waals surface area contributed by atoms with E-state index in [2.05, 4.69) is 18.1 Å². The summed E-state index contributed by atoms with van der Waals surface area (Å²) in [7, 11) is 0. The van der Waals surface area contributed by atoms with Crippen LogP contribution in [0.15, 0.2) is 41.3 Å². The summed E-state index contributed by atoms with van der Waals surface area (Å²) >= 11 is 3.30. The first kappa shape index (κ1) is 14.0. The van der Waals surface area contributed by atoms with E-state index in [4.69, 9.17) is 9.84 Å². The molecule has 1 aromatic heterocycles. The molecule has 0 aliphatic heterocycles. The summed E-state index contributed by atoms with van der Waals surface area (Å²) in [5, 5.41) is 8.63. The van der Waals surface area contributed by atoms with Crippen LogP contribution in [-0.4, -0.2) is 18.0 Å². The Balaban J connectivity index is 1.92. The molecule has 0 amide bonds. The highest BCUT2D eigenvalue weighted by molar-refractivity contribution is 7.98. The molecule has 0 fully saturated rings. The third-order valence-electron chi connectivity index (χ3n) is 2.39. The Morgan fingerprint density at radius 2 is 2.00 bits per heavy atom. The Labute approximate surface area is 121 Å². The fourth-order valence-electron chi connectivity index (χ4n) is 1.48. The van der Waals surface area contributed by atoms with E-state index in [0.717, 1.165) is 15.5 Å². The second kappa shape index (κ2) is 7.25. The minimum atomic E-state index is -0.106. The smallest absolute Gasteiger partial charge is 0.122 e. The van der Waals surface area contributed by atoms with Crippen LogP contribution in [0.3, 0.4) is 0 Å². The van der Waals surface area contributed by atoms with Crippen LogP contribution in [0.2, 0.25) is 0 Å². The molecular weight excluding hydrogens is 276 g/mol. The highest BCUT2D eigenvalue weighted by atomic mass is 32.2. The molecule has 2 nitrogen and oxygen atoms in total. The minimum absolute atomic E-state index is 0.106. The van der Waals surface area contributed by atoms with Crippen LogP contribution in [0.5, 0.6) is 5.75 Å². The maximum absolute atomic E-state index is 8.63. The van der Waals surface area contributed by atoms with Gasteiger partial charge in [-0.15, -0.1) is 23.1 Å². The second-order valence-electron chi connectivity index (χ2n) is 3.69. The Morgan fingerprint density at radius 3 is 2.68 bits per heavy atom. The van der Waals surface area contributed by atoms with E-state index in [0.29, 0.717) is 6.61 Å². The summed E-state index contributed by atoms with van der Waals surface area (Å²) in [6.07, 6.45) is 2.05. The standard InChI is InChI=1S/C15H14O2S2/c1-18-13-6-4-12(5-7-13)17-11-15-9-8-14(19-15)3-2-10-16/h4-9,16H,10-11H2,1H3. The molecule has 0 atom stereocenters. The minimum Gasteiger partial charge on any atom is -0.488 e. The molecule has 0 saturated heterocycles. The maximum atomic E-state index is 8.63. The van der Waals surface area contributed by atoms with E-state index in [-0.39, 0.29) is 6.61 Å². The third-order valence-corrected chi connectivity index (χ3v) is 4.11.